The van der Waals surface area contributed by atoms with Gasteiger partial charge in [-0.15, -0.1) is 11.8 Å². The van der Waals surface area contributed by atoms with Gasteiger partial charge in [0, 0.05) is 13.2 Å². The maximum Gasteiger partial charge on any atom is 0.230 e. The second kappa shape index (κ2) is 6.30. The van der Waals surface area contributed by atoms with Gasteiger partial charge >= 0.3 is 0 Å². The predicted molar refractivity (Wildman–Crippen MR) is 59.6 cm³/mol. The summed E-state index contributed by atoms with van der Waals surface area (Å²) >= 11 is 1.67. The van der Waals surface area contributed by atoms with Crippen molar-refractivity contribution in [2.24, 2.45) is 0 Å². The average molecular weight is 217 g/mol. The van der Waals surface area contributed by atoms with E-state index in [0.29, 0.717) is 17.5 Å². The zero-order chi connectivity index (χ0) is 10.4. The van der Waals surface area contributed by atoms with Gasteiger partial charge in [0.2, 0.25) is 5.91 Å². The third kappa shape index (κ3) is 4.86. The van der Waals surface area contributed by atoms with Crippen LogP contribution in [0.5, 0.6) is 0 Å². The molecule has 1 aliphatic rings. The number of carbonyl (C=O) groups excluding carboxylic acids is 1. The Labute approximate surface area is 90.0 Å². The molecule has 4 heteroatoms. The van der Waals surface area contributed by atoms with Crippen molar-refractivity contribution in [1.29, 1.82) is 0 Å². The number of rotatable bonds is 5. The van der Waals surface area contributed by atoms with Gasteiger partial charge in [0.1, 0.15) is 0 Å². The van der Waals surface area contributed by atoms with Crippen LogP contribution in [0.2, 0.25) is 0 Å². The number of nitrogens with one attached hydrogen (secondary N) is 1. The molecule has 1 amide bonds. The summed E-state index contributed by atoms with van der Waals surface area (Å²) in [6.45, 7) is 5.72. The van der Waals surface area contributed by atoms with Gasteiger partial charge in [0.05, 0.1) is 11.9 Å². The zero-order valence-electron chi connectivity index (χ0n) is 8.91. The summed E-state index contributed by atoms with van der Waals surface area (Å²) in [4.78, 5) is 11.3. The third-order valence-electron chi connectivity index (χ3n) is 2.10. The van der Waals surface area contributed by atoms with E-state index in [-0.39, 0.29) is 12.0 Å². The number of hydrogen-bond acceptors (Lipinski definition) is 3. The standard InChI is InChI=1S/C10H19NO2S/c1-8(2)14-7-10(12)11-6-9-4-3-5-13-9/h8-9H,3-7H2,1-2H3,(H,11,12)/t9-/m1/s1. The van der Waals surface area contributed by atoms with Crippen LogP contribution in [0.4, 0.5) is 0 Å². The Morgan fingerprint density at radius 2 is 2.43 bits per heavy atom. The molecule has 14 heavy (non-hydrogen) atoms. The quantitative estimate of drug-likeness (QED) is 0.757. The van der Waals surface area contributed by atoms with E-state index in [0.717, 1.165) is 19.4 Å². The predicted octanol–water partition coefficient (Wildman–Crippen LogP) is 1.42. The third-order valence-corrected chi connectivity index (χ3v) is 3.19. The fourth-order valence-corrected chi connectivity index (χ4v) is 1.91. The van der Waals surface area contributed by atoms with E-state index in [1.807, 2.05) is 0 Å². The summed E-state index contributed by atoms with van der Waals surface area (Å²) in [7, 11) is 0. The van der Waals surface area contributed by atoms with Gasteiger partial charge in [-0.1, -0.05) is 13.8 Å². The van der Waals surface area contributed by atoms with Gasteiger partial charge < -0.3 is 10.1 Å². The molecule has 82 valence electrons. The van der Waals surface area contributed by atoms with Crippen molar-refractivity contribution in [3.8, 4) is 0 Å². The Hall–Kier alpha value is -0.220. The summed E-state index contributed by atoms with van der Waals surface area (Å²) in [6.07, 6.45) is 2.46. The first-order chi connectivity index (χ1) is 6.68. The first kappa shape index (κ1) is 11.9. The van der Waals surface area contributed by atoms with Crippen LogP contribution in [-0.4, -0.2) is 36.2 Å². The fraction of sp³-hybridized carbons (Fsp3) is 0.900. The van der Waals surface area contributed by atoms with Crippen LogP contribution >= 0.6 is 11.8 Å². The summed E-state index contributed by atoms with van der Waals surface area (Å²) in [6, 6.07) is 0. The Morgan fingerprint density at radius 1 is 1.64 bits per heavy atom. The van der Waals surface area contributed by atoms with Crippen molar-refractivity contribution < 1.29 is 9.53 Å². The Balaban J connectivity index is 2.02. The lowest BCUT2D eigenvalue weighted by molar-refractivity contribution is -0.119. The molecule has 0 spiro atoms. The topological polar surface area (TPSA) is 38.3 Å². The minimum Gasteiger partial charge on any atom is -0.376 e. The maximum absolute atomic E-state index is 11.3. The van der Waals surface area contributed by atoms with Crippen LogP contribution in [0.1, 0.15) is 26.7 Å². The molecule has 3 nitrogen and oxygen atoms in total. The molecule has 0 aromatic carbocycles. The molecule has 1 aliphatic heterocycles. The number of amides is 1. The fourth-order valence-electron chi connectivity index (χ4n) is 1.33. The van der Waals surface area contributed by atoms with E-state index in [4.69, 9.17) is 4.74 Å². The monoisotopic (exact) mass is 217 g/mol. The lowest BCUT2D eigenvalue weighted by Crippen LogP contribution is -2.33. The van der Waals surface area contributed by atoms with Crippen LogP contribution in [0.3, 0.4) is 0 Å². The molecular weight excluding hydrogens is 198 g/mol. The van der Waals surface area contributed by atoms with Crippen molar-refractivity contribution >= 4 is 17.7 Å². The number of carbonyl (C=O) groups is 1. The highest BCUT2D eigenvalue weighted by molar-refractivity contribution is 8.00. The molecule has 1 saturated heterocycles. The van der Waals surface area contributed by atoms with Crippen LogP contribution < -0.4 is 5.32 Å². The van der Waals surface area contributed by atoms with E-state index in [9.17, 15) is 4.79 Å². The summed E-state index contributed by atoms with van der Waals surface area (Å²) in [5.41, 5.74) is 0. The SMILES string of the molecule is CC(C)SCC(=O)NC[C@H]1CCCO1. The van der Waals surface area contributed by atoms with Crippen LogP contribution in [-0.2, 0) is 9.53 Å². The van der Waals surface area contributed by atoms with Gasteiger partial charge in [-0.25, -0.2) is 0 Å². The molecule has 1 fully saturated rings. The number of thioether (sulfide) groups is 1. The molecule has 1 rings (SSSR count). The smallest absolute Gasteiger partial charge is 0.230 e. The molecule has 0 bridgehead atoms. The highest BCUT2D eigenvalue weighted by Crippen LogP contribution is 2.11. The van der Waals surface area contributed by atoms with Crippen LogP contribution in [0.25, 0.3) is 0 Å². The average Bonchev–Trinajstić information content (AvgIpc) is 2.63. The van der Waals surface area contributed by atoms with E-state index >= 15 is 0 Å². The zero-order valence-corrected chi connectivity index (χ0v) is 9.73. The first-order valence-corrected chi connectivity index (χ1v) is 6.23. The summed E-state index contributed by atoms with van der Waals surface area (Å²) in [5, 5.41) is 3.41. The van der Waals surface area contributed by atoms with Crippen molar-refractivity contribution in [1.82, 2.24) is 5.32 Å². The minimum atomic E-state index is 0.124. The van der Waals surface area contributed by atoms with Crippen molar-refractivity contribution in [3.63, 3.8) is 0 Å². The van der Waals surface area contributed by atoms with Gasteiger partial charge in [-0.3, -0.25) is 4.79 Å². The number of ether oxygens (including phenoxy) is 1. The molecule has 0 aliphatic carbocycles. The first-order valence-electron chi connectivity index (χ1n) is 5.18. The number of hydrogen-bond donors (Lipinski definition) is 1. The molecule has 1 heterocycles. The molecule has 1 N–H and O–H groups in total. The van der Waals surface area contributed by atoms with Gasteiger partial charge in [-0.2, -0.15) is 0 Å². The van der Waals surface area contributed by atoms with Gasteiger partial charge in [0.25, 0.3) is 0 Å². The minimum absolute atomic E-state index is 0.124. The highest BCUT2D eigenvalue weighted by Gasteiger charge is 2.15. The normalized spacial score (nSPS) is 21.5. The largest absolute Gasteiger partial charge is 0.376 e. The second-order valence-corrected chi connectivity index (χ2v) is 5.36. The van der Waals surface area contributed by atoms with Crippen molar-refractivity contribution in [2.75, 3.05) is 18.9 Å². The van der Waals surface area contributed by atoms with E-state index in [1.54, 1.807) is 11.8 Å². The highest BCUT2D eigenvalue weighted by atomic mass is 32.2. The van der Waals surface area contributed by atoms with E-state index in [2.05, 4.69) is 19.2 Å². The van der Waals surface area contributed by atoms with Crippen molar-refractivity contribution in [2.45, 2.75) is 38.0 Å². The molecule has 1 atom stereocenters. The van der Waals surface area contributed by atoms with E-state index in [1.165, 1.54) is 0 Å². The van der Waals surface area contributed by atoms with Crippen molar-refractivity contribution in [3.05, 3.63) is 0 Å². The summed E-state index contributed by atoms with van der Waals surface area (Å²) in [5.74, 6) is 0.684. The molecule has 0 saturated carbocycles. The lowest BCUT2D eigenvalue weighted by Gasteiger charge is -2.11. The molecule has 0 aromatic rings. The second-order valence-electron chi connectivity index (χ2n) is 3.80. The Kier molecular flexibility index (Phi) is 5.33. The molecular formula is C10H19NO2S. The Bertz CT molecular complexity index is 179. The van der Waals surface area contributed by atoms with Crippen LogP contribution in [0, 0.1) is 0 Å². The van der Waals surface area contributed by atoms with E-state index < -0.39 is 0 Å². The lowest BCUT2D eigenvalue weighted by atomic mass is 10.2. The molecule has 0 aromatic heterocycles. The Morgan fingerprint density at radius 3 is 3.00 bits per heavy atom. The molecule has 0 radical (unpaired) electrons. The van der Waals surface area contributed by atoms with Gasteiger partial charge in [0.15, 0.2) is 0 Å². The molecule has 0 unspecified atom stereocenters. The van der Waals surface area contributed by atoms with Gasteiger partial charge in [-0.05, 0) is 18.1 Å². The summed E-state index contributed by atoms with van der Waals surface area (Å²) < 4.78 is 5.41. The van der Waals surface area contributed by atoms with Crippen LogP contribution in [0.15, 0.2) is 0 Å². The maximum atomic E-state index is 11.3.